The summed E-state index contributed by atoms with van der Waals surface area (Å²) in [5.74, 6) is -0.624. The van der Waals surface area contributed by atoms with E-state index in [0.717, 1.165) is 11.1 Å². The molecule has 1 amide bonds. The summed E-state index contributed by atoms with van der Waals surface area (Å²) < 4.78 is 11.1. The van der Waals surface area contributed by atoms with Crippen molar-refractivity contribution in [1.29, 1.82) is 0 Å². The zero-order chi connectivity index (χ0) is 26.9. The van der Waals surface area contributed by atoms with Gasteiger partial charge in [0.05, 0.1) is 30.9 Å². The molecule has 3 aromatic rings. The quantitative estimate of drug-likeness (QED) is 0.244. The van der Waals surface area contributed by atoms with Crippen molar-refractivity contribution in [2.24, 2.45) is 0 Å². The summed E-state index contributed by atoms with van der Waals surface area (Å²) >= 11 is 0. The number of methoxy groups -OCH3 is 1. The van der Waals surface area contributed by atoms with Gasteiger partial charge < -0.3 is 14.6 Å². The molecule has 4 rings (SSSR count). The molecule has 6 heteroatoms. The molecule has 3 aromatic carbocycles. The number of nitrogens with zero attached hydrogens (tertiary/aromatic N) is 1. The SMILES string of the molecule is CCOc1ccc(C2/C(=C(\O)c3cc(C(C)(C)C)ccc3OC)C(=O)C(=O)N2c2ccc(C)cc2)cc1. The summed E-state index contributed by atoms with van der Waals surface area (Å²) in [6.45, 7) is 10.6. The molecule has 1 fully saturated rings. The Bertz CT molecular complexity index is 1350. The fourth-order valence-electron chi connectivity index (χ4n) is 4.54. The lowest BCUT2D eigenvalue weighted by atomic mass is 9.85. The number of anilines is 1. The summed E-state index contributed by atoms with van der Waals surface area (Å²) in [5, 5.41) is 11.7. The highest BCUT2D eigenvalue weighted by Gasteiger charge is 2.47. The first-order chi connectivity index (χ1) is 17.6. The monoisotopic (exact) mass is 499 g/mol. The van der Waals surface area contributed by atoms with E-state index < -0.39 is 17.7 Å². The second-order valence-corrected chi connectivity index (χ2v) is 10.2. The normalized spacial score (nSPS) is 17.2. The Hall–Kier alpha value is -4.06. The third kappa shape index (κ3) is 4.96. The van der Waals surface area contributed by atoms with Gasteiger partial charge in [-0.2, -0.15) is 0 Å². The lowest BCUT2D eigenvalue weighted by Gasteiger charge is -2.26. The summed E-state index contributed by atoms with van der Waals surface area (Å²) in [4.78, 5) is 28.4. The number of ether oxygens (including phenoxy) is 2. The van der Waals surface area contributed by atoms with Crippen LogP contribution in [0.2, 0.25) is 0 Å². The van der Waals surface area contributed by atoms with Gasteiger partial charge in [-0.25, -0.2) is 0 Å². The molecule has 0 spiro atoms. The van der Waals surface area contributed by atoms with Crippen molar-refractivity contribution in [1.82, 2.24) is 0 Å². The van der Waals surface area contributed by atoms with E-state index in [1.165, 1.54) is 12.0 Å². The Morgan fingerprint density at radius 2 is 1.62 bits per heavy atom. The number of carbonyl (C=O) groups excluding carboxylic acids is 2. The number of aryl methyl sites for hydroxylation is 1. The Morgan fingerprint density at radius 1 is 0.973 bits per heavy atom. The minimum atomic E-state index is -0.832. The van der Waals surface area contributed by atoms with Gasteiger partial charge in [0.15, 0.2) is 0 Å². The Balaban J connectivity index is 1.96. The molecule has 192 valence electrons. The van der Waals surface area contributed by atoms with Crippen LogP contribution in [0.3, 0.4) is 0 Å². The van der Waals surface area contributed by atoms with E-state index in [-0.39, 0.29) is 16.7 Å². The second kappa shape index (κ2) is 10.1. The first-order valence-corrected chi connectivity index (χ1v) is 12.4. The van der Waals surface area contributed by atoms with Gasteiger partial charge in [0.1, 0.15) is 17.3 Å². The Labute approximate surface area is 218 Å². The highest BCUT2D eigenvalue weighted by molar-refractivity contribution is 6.51. The minimum absolute atomic E-state index is 0.0131. The smallest absolute Gasteiger partial charge is 0.300 e. The van der Waals surface area contributed by atoms with E-state index in [4.69, 9.17) is 9.47 Å². The van der Waals surface area contributed by atoms with Crippen LogP contribution < -0.4 is 14.4 Å². The van der Waals surface area contributed by atoms with Crippen LogP contribution in [0, 0.1) is 6.92 Å². The Kier molecular flexibility index (Phi) is 7.12. The van der Waals surface area contributed by atoms with Crippen LogP contribution >= 0.6 is 0 Å². The van der Waals surface area contributed by atoms with Gasteiger partial charge >= 0.3 is 0 Å². The van der Waals surface area contributed by atoms with Crippen molar-refractivity contribution in [3.05, 3.63) is 94.6 Å². The van der Waals surface area contributed by atoms with Crippen molar-refractivity contribution in [3.63, 3.8) is 0 Å². The third-order valence-electron chi connectivity index (χ3n) is 6.58. The number of amides is 1. The highest BCUT2D eigenvalue weighted by Crippen LogP contribution is 2.44. The maximum Gasteiger partial charge on any atom is 0.300 e. The molecular formula is C31H33NO5. The summed E-state index contributed by atoms with van der Waals surface area (Å²) in [7, 11) is 1.51. The fourth-order valence-corrected chi connectivity index (χ4v) is 4.54. The number of hydrogen-bond acceptors (Lipinski definition) is 5. The van der Waals surface area contributed by atoms with Gasteiger partial charge in [0, 0.05) is 5.69 Å². The number of hydrogen-bond donors (Lipinski definition) is 1. The molecule has 1 N–H and O–H groups in total. The van der Waals surface area contributed by atoms with Crippen LogP contribution in [0.15, 0.2) is 72.3 Å². The topological polar surface area (TPSA) is 76.1 Å². The summed E-state index contributed by atoms with van der Waals surface area (Å²) in [5.41, 5.74) is 3.41. The molecule has 1 heterocycles. The van der Waals surface area contributed by atoms with Crippen LogP contribution in [0.1, 0.15) is 56.0 Å². The van der Waals surface area contributed by atoms with E-state index in [2.05, 4.69) is 20.8 Å². The molecule has 37 heavy (non-hydrogen) atoms. The van der Waals surface area contributed by atoms with Gasteiger partial charge in [-0.15, -0.1) is 0 Å². The zero-order valence-corrected chi connectivity index (χ0v) is 22.2. The maximum atomic E-state index is 13.5. The zero-order valence-electron chi connectivity index (χ0n) is 22.2. The van der Waals surface area contributed by atoms with Crippen molar-refractivity contribution < 1.29 is 24.2 Å². The molecule has 6 nitrogen and oxygen atoms in total. The lowest BCUT2D eigenvalue weighted by Crippen LogP contribution is -2.29. The van der Waals surface area contributed by atoms with E-state index in [0.29, 0.717) is 34.9 Å². The predicted octanol–water partition coefficient (Wildman–Crippen LogP) is 6.33. The largest absolute Gasteiger partial charge is 0.507 e. The average molecular weight is 500 g/mol. The summed E-state index contributed by atoms with van der Waals surface area (Å²) in [6.07, 6.45) is 0. The number of benzene rings is 3. The molecule has 1 atom stereocenters. The molecule has 0 saturated carbocycles. The van der Waals surface area contributed by atoms with E-state index in [1.54, 1.807) is 18.2 Å². The molecule has 1 saturated heterocycles. The van der Waals surface area contributed by atoms with Crippen molar-refractivity contribution >= 4 is 23.1 Å². The molecule has 1 unspecified atom stereocenters. The third-order valence-corrected chi connectivity index (χ3v) is 6.58. The second-order valence-electron chi connectivity index (χ2n) is 10.2. The predicted molar refractivity (Wildman–Crippen MR) is 145 cm³/mol. The average Bonchev–Trinajstić information content (AvgIpc) is 3.14. The van der Waals surface area contributed by atoms with Crippen LogP contribution in [-0.4, -0.2) is 30.5 Å². The first kappa shape index (κ1) is 26.0. The van der Waals surface area contributed by atoms with Crippen molar-refractivity contribution in [3.8, 4) is 11.5 Å². The standard InChI is InChI=1S/C31H33NO5/c1-7-37-23-15-10-20(11-16-23)27-26(29(34)30(35)32(27)22-13-8-19(2)9-14-22)28(33)24-18-21(31(3,4)5)12-17-25(24)36-6/h8-18,27,33H,7H2,1-6H3/b28-26+. The van der Waals surface area contributed by atoms with Gasteiger partial charge in [-0.05, 0) is 66.8 Å². The van der Waals surface area contributed by atoms with Gasteiger partial charge in [-0.3, -0.25) is 14.5 Å². The lowest BCUT2D eigenvalue weighted by molar-refractivity contribution is -0.132. The molecular weight excluding hydrogens is 466 g/mol. The van der Waals surface area contributed by atoms with Crippen LogP contribution in [-0.2, 0) is 15.0 Å². The highest BCUT2D eigenvalue weighted by atomic mass is 16.5. The number of Topliss-reactive ketones (excluding diaryl/α,β-unsaturated/α-hetero) is 1. The summed E-state index contributed by atoms with van der Waals surface area (Å²) in [6, 6.07) is 19.3. The minimum Gasteiger partial charge on any atom is -0.507 e. The van der Waals surface area contributed by atoms with Crippen LogP contribution in [0.5, 0.6) is 11.5 Å². The number of aliphatic hydroxyl groups is 1. The van der Waals surface area contributed by atoms with Crippen LogP contribution in [0.4, 0.5) is 5.69 Å². The Morgan fingerprint density at radius 3 is 2.19 bits per heavy atom. The van der Waals surface area contributed by atoms with Crippen molar-refractivity contribution in [2.75, 3.05) is 18.6 Å². The molecule has 0 bridgehead atoms. The number of aliphatic hydroxyl groups excluding tert-OH is 1. The number of ketones is 1. The van der Waals surface area contributed by atoms with Crippen LogP contribution in [0.25, 0.3) is 5.76 Å². The molecule has 0 radical (unpaired) electrons. The van der Waals surface area contributed by atoms with Gasteiger partial charge in [-0.1, -0.05) is 56.7 Å². The van der Waals surface area contributed by atoms with E-state index >= 15 is 0 Å². The van der Waals surface area contributed by atoms with E-state index in [9.17, 15) is 14.7 Å². The van der Waals surface area contributed by atoms with Gasteiger partial charge in [0.2, 0.25) is 0 Å². The fraction of sp³-hybridized carbons (Fsp3) is 0.290. The first-order valence-electron chi connectivity index (χ1n) is 12.4. The number of rotatable bonds is 6. The van der Waals surface area contributed by atoms with E-state index in [1.807, 2.05) is 62.4 Å². The molecule has 0 aromatic heterocycles. The van der Waals surface area contributed by atoms with Gasteiger partial charge in [0.25, 0.3) is 11.7 Å². The number of carbonyl (C=O) groups is 2. The molecule has 1 aliphatic heterocycles. The van der Waals surface area contributed by atoms with Crippen molar-refractivity contribution in [2.45, 2.75) is 46.1 Å². The molecule has 1 aliphatic rings. The molecule has 0 aliphatic carbocycles. The maximum absolute atomic E-state index is 13.5.